The van der Waals surface area contributed by atoms with Crippen LogP contribution in [0.25, 0.3) is 10.2 Å². The maximum atomic E-state index is 11.6. The van der Waals surface area contributed by atoms with Gasteiger partial charge in [0.05, 0.1) is 15.6 Å². The van der Waals surface area contributed by atoms with E-state index in [2.05, 4.69) is 15.3 Å². The number of fused-ring (bicyclic) bond motifs is 1. The molecule has 0 atom stereocenters. The molecule has 1 fully saturated rings. The SMILES string of the molecule is O=C(O)C1(CNc2ncnc3ccsc23)CCOCC1. The number of anilines is 1. The molecule has 3 heterocycles. The van der Waals surface area contributed by atoms with E-state index in [-0.39, 0.29) is 0 Å². The fourth-order valence-electron chi connectivity index (χ4n) is 2.40. The quantitative estimate of drug-likeness (QED) is 0.896. The summed E-state index contributed by atoms with van der Waals surface area (Å²) in [5, 5.41) is 14.7. The average molecular weight is 293 g/mol. The molecule has 0 bridgehead atoms. The first-order chi connectivity index (χ1) is 9.71. The second-order valence-electron chi connectivity index (χ2n) is 4.91. The van der Waals surface area contributed by atoms with E-state index in [0.717, 1.165) is 10.2 Å². The molecule has 20 heavy (non-hydrogen) atoms. The molecule has 106 valence electrons. The third kappa shape index (κ3) is 2.34. The van der Waals surface area contributed by atoms with Crippen LogP contribution >= 0.6 is 11.3 Å². The van der Waals surface area contributed by atoms with Crippen molar-refractivity contribution in [1.82, 2.24) is 9.97 Å². The van der Waals surface area contributed by atoms with E-state index in [1.807, 2.05) is 11.4 Å². The minimum atomic E-state index is -0.773. The highest BCUT2D eigenvalue weighted by molar-refractivity contribution is 7.17. The summed E-state index contributed by atoms with van der Waals surface area (Å²) in [5.41, 5.74) is 0.108. The zero-order chi connectivity index (χ0) is 14.0. The molecule has 0 aliphatic carbocycles. The van der Waals surface area contributed by atoms with Crippen LogP contribution in [0.1, 0.15) is 12.8 Å². The van der Waals surface area contributed by atoms with E-state index < -0.39 is 11.4 Å². The van der Waals surface area contributed by atoms with Crippen molar-refractivity contribution in [2.45, 2.75) is 12.8 Å². The Bertz CT molecular complexity index is 622. The fraction of sp³-hybridized carbons (Fsp3) is 0.462. The summed E-state index contributed by atoms with van der Waals surface area (Å²) < 4.78 is 6.23. The van der Waals surface area contributed by atoms with Gasteiger partial charge in [0.2, 0.25) is 0 Å². The molecule has 0 unspecified atom stereocenters. The highest BCUT2D eigenvalue weighted by Gasteiger charge is 2.40. The van der Waals surface area contributed by atoms with Crippen LogP contribution in [0.15, 0.2) is 17.8 Å². The summed E-state index contributed by atoms with van der Waals surface area (Å²) in [6.07, 6.45) is 2.54. The lowest BCUT2D eigenvalue weighted by atomic mass is 9.80. The van der Waals surface area contributed by atoms with Gasteiger partial charge in [0.25, 0.3) is 0 Å². The molecule has 1 aliphatic heterocycles. The summed E-state index contributed by atoms with van der Waals surface area (Å²) in [5.74, 6) is -0.0677. The van der Waals surface area contributed by atoms with Gasteiger partial charge in [-0.3, -0.25) is 4.79 Å². The molecule has 1 aliphatic rings. The van der Waals surface area contributed by atoms with Gasteiger partial charge in [-0.25, -0.2) is 9.97 Å². The zero-order valence-electron chi connectivity index (χ0n) is 10.8. The summed E-state index contributed by atoms with van der Waals surface area (Å²) in [6.45, 7) is 1.34. The third-order valence-corrected chi connectivity index (χ3v) is 4.65. The van der Waals surface area contributed by atoms with Crippen molar-refractivity contribution in [3.8, 4) is 0 Å². The molecule has 6 nitrogen and oxygen atoms in total. The Morgan fingerprint density at radius 3 is 3.00 bits per heavy atom. The first-order valence-electron chi connectivity index (χ1n) is 6.44. The van der Waals surface area contributed by atoms with Crippen molar-refractivity contribution >= 4 is 33.3 Å². The first kappa shape index (κ1) is 13.3. The smallest absolute Gasteiger partial charge is 0.311 e. The van der Waals surface area contributed by atoms with E-state index >= 15 is 0 Å². The second-order valence-corrected chi connectivity index (χ2v) is 5.82. The standard InChI is InChI=1S/C13H15N3O3S/c17-12(18)13(2-4-19-5-3-13)7-14-11-10-9(1-6-20-10)15-8-16-11/h1,6,8H,2-5,7H2,(H,17,18)(H,14,15,16). The Morgan fingerprint density at radius 2 is 2.25 bits per heavy atom. The van der Waals surface area contributed by atoms with Crippen molar-refractivity contribution in [1.29, 1.82) is 0 Å². The lowest BCUT2D eigenvalue weighted by Gasteiger charge is -2.33. The molecule has 1 saturated heterocycles. The van der Waals surface area contributed by atoms with E-state index in [4.69, 9.17) is 4.74 Å². The van der Waals surface area contributed by atoms with Gasteiger partial charge < -0.3 is 15.2 Å². The highest BCUT2D eigenvalue weighted by Crippen LogP contribution is 2.32. The van der Waals surface area contributed by atoms with Crippen LogP contribution in [0, 0.1) is 5.41 Å². The maximum absolute atomic E-state index is 11.6. The molecule has 0 amide bonds. The van der Waals surface area contributed by atoms with Crippen molar-refractivity contribution in [3.05, 3.63) is 17.8 Å². The number of thiophene rings is 1. The molecule has 2 N–H and O–H groups in total. The molecule has 2 aromatic rings. The van der Waals surface area contributed by atoms with E-state index in [1.54, 1.807) is 11.3 Å². The maximum Gasteiger partial charge on any atom is 0.311 e. The van der Waals surface area contributed by atoms with Gasteiger partial charge in [-0.2, -0.15) is 0 Å². The average Bonchev–Trinajstić information content (AvgIpc) is 2.95. The van der Waals surface area contributed by atoms with Gasteiger partial charge in [-0.05, 0) is 24.3 Å². The van der Waals surface area contributed by atoms with Crippen LogP contribution in [0.2, 0.25) is 0 Å². The molecule has 2 aromatic heterocycles. The highest BCUT2D eigenvalue weighted by atomic mass is 32.1. The Balaban J connectivity index is 1.80. The van der Waals surface area contributed by atoms with Crippen LogP contribution in [0.5, 0.6) is 0 Å². The van der Waals surface area contributed by atoms with Gasteiger partial charge >= 0.3 is 5.97 Å². The predicted octanol–water partition coefficient (Wildman–Crippen LogP) is 1.98. The molecule has 0 radical (unpaired) electrons. The van der Waals surface area contributed by atoms with Crippen LogP contribution in [-0.2, 0) is 9.53 Å². The summed E-state index contributed by atoms with van der Waals surface area (Å²) in [6, 6.07) is 1.92. The number of aromatic nitrogens is 2. The lowest BCUT2D eigenvalue weighted by Crippen LogP contribution is -2.42. The van der Waals surface area contributed by atoms with Crippen LogP contribution in [0.3, 0.4) is 0 Å². The van der Waals surface area contributed by atoms with Gasteiger partial charge in [0.15, 0.2) is 0 Å². The zero-order valence-corrected chi connectivity index (χ0v) is 11.7. The molecule has 0 aromatic carbocycles. The number of carboxylic acids is 1. The summed E-state index contributed by atoms with van der Waals surface area (Å²) in [4.78, 5) is 20.0. The van der Waals surface area contributed by atoms with Crippen molar-refractivity contribution < 1.29 is 14.6 Å². The number of nitrogens with zero attached hydrogens (tertiary/aromatic N) is 2. The number of carbonyl (C=O) groups is 1. The molecular formula is C13H15N3O3S. The number of nitrogens with one attached hydrogen (secondary N) is 1. The number of hydrogen-bond donors (Lipinski definition) is 2. The third-order valence-electron chi connectivity index (χ3n) is 3.74. The number of hydrogen-bond acceptors (Lipinski definition) is 6. The molecule has 0 saturated carbocycles. The predicted molar refractivity (Wildman–Crippen MR) is 76.0 cm³/mol. The lowest BCUT2D eigenvalue weighted by molar-refractivity contribution is -0.153. The first-order valence-corrected chi connectivity index (χ1v) is 7.32. The number of ether oxygens (including phenoxy) is 1. The number of rotatable bonds is 4. The van der Waals surface area contributed by atoms with Gasteiger partial charge in [-0.1, -0.05) is 0 Å². The van der Waals surface area contributed by atoms with Crippen molar-refractivity contribution in [2.75, 3.05) is 25.1 Å². The molecular weight excluding hydrogens is 278 g/mol. The van der Waals surface area contributed by atoms with Crippen molar-refractivity contribution in [3.63, 3.8) is 0 Å². The van der Waals surface area contributed by atoms with Crippen LogP contribution in [0.4, 0.5) is 5.82 Å². The Morgan fingerprint density at radius 1 is 1.45 bits per heavy atom. The van der Waals surface area contributed by atoms with Gasteiger partial charge in [0, 0.05) is 19.8 Å². The van der Waals surface area contributed by atoms with E-state index in [0.29, 0.717) is 38.4 Å². The van der Waals surface area contributed by atoms with E-state index in [9.17, 15) is 9.90 Å². The van der Waals surface area contributed by atoms with Crippen LogP contribution < -0.4 is 5.32 Å². The minimum absolute atomic E-state index is 0.357. The number of aliphatic carboxylic acids is 1. The second kappa shape index (κ2) is 5.34. The van der Waals surface area contributed by atoms with Crippen molar-refractivity contribution in [2.24, 2.45) is 5.41 Å². The fourth-order valence-corrected chi connectivity index (χ4v) is 3.21. The number of carboxylic acid groups (broad SMARTS) is 1. The monoisotopic (exact) mass is 293 g/mol. The van der Waals surface area contributed by atoms with Gasteiger partial charge in [-0.15, -0.1) is 11.3 Å². The summed E-state index contributed by atoms with van der Waals surface area (Å²) in [7, 11) is 0. The molecule has 3 rings (SSSR count). The topological polar surface area (TPSA) is 84.3 Å². The molecule has 0 spiro atoms. The normalized spacial score (nSPS) is 18.0. The Hall–Kier alpha value is -1.73. The molecule has 7 heteroatoms. The van der Waals surface area contributed by atoms with Gasteiger partial charge in [0.1, 0.15) is 12.1 Å². The Labute approximate surface area is 119 Å². The van der Waals surface area contributed by atoms with E-state index in [1.165, 1.54) is 6.33 Å². The Kier molecular flexibility index (Phi) is 3.54. The van der Waals surface area contributed by atoms with Crippen LogP contribution in [-0.4, -0.2) is 40.8 Å². The summed E-state index contributed by atoms with van der Waals surface area (Å²) >= 11 is 1.55. The largest absolute Gasteiger partial charge is 0.481 e. The minimum Gasteiger partial charge on any atom is -0.481 e.